The van der Waals surface area contributed by atoms with Crippen LogP contribution in [0.15, 0.2) is 0 Å². The summed E-state index contributed by atoms with van der Waals surface area (Å²) in [7, 11) is 0. The number of aliphatic hydroxyl groups is 1. The molecule has 100 valence electrons. The van der Waals surface area contributed by atoms with Crippen LogP contribution in [-0.2, 0) is 4.79 Å². The maximum Gasteiger partial charge on any atom is 0.220 e. The molecule has 2 N–H and O–H groups in total. The first-order valence-corrected chi connectivity index (χ1v) is 7.93. The number of aliphatic hydroxyl groups excluding tert-OH is 1. The second-order valence-electron chi connectivity index (χ2n) is 4.75. The van der Waals surface area contributed by atoms with Crippen LogP contribution < -0.4 is 5.32 Å². The van der Waals surface area contributed by atoms with Gasteiger partial charge in [-0.05, 0) is 30.9 Å². The zero-order valence-electron chi connectivity index (χ0n) is 10.6. The molecular weight excluding hydrogens is 234 g/mol. The minimum Gasteiger partial charge on any atom is -0.396 e. The Morgan fingerprint density at radius 1 is 1.24 bits per heavy atom. The molecule has 4 heteroatoms. The first-order chi connectivity index (χ1) is 8.33. The predicted molar refractivity (Wildman–Crippen MR) is 73.2 cm³/mol. The van der Waals surface area contributed by atoms with Crippen LogP contribution in [0.2, 0.25) is 0 Å². The molecule has 0 atom stereocenters. The summed E-state index contributed by atoms with van der Waals surface area (Å²) in [6.07, 6.45) is 7.99. The predicted octanol–water partition coefficient (Wildman–Crippen LogP) is 2.19. The molecule has 1 fully saturated rings. The number of nitrogens with one attached hydrogen (secondary N) is 1. The molecule has 0 spiro atoms. The Kier molecular flexibility index (Phi) is 8.53. The van der Waals surface area contributed by atoms with Crippen molar-refractivity contribution in [3.8, 4) is 0 Å². The van der Waals surface area contributed by atoms with Crippen LogP contribution in [-0.4, -0.2) is 35.7 Å². The quantitative estimate of drug-likeness (QED) is 0.657. The normalized spacial score (nSPS) is 17.0. The molecule has 1 aliphatic carbocycles. The van der Waals surface area contributed by atoms with Gasteiger partial charge in [0, 0.05) is 25.3 Å². The Bertz CT molecular complexity index is 206. The second kappa shape index (κ2) is 9.77. The van der Waals surface area contributed by atoms with E-state index in [-0.39, 0.29) is 12.5 Å². The van der Waals surface area contributed by atoms with E-state index in [0.29, 0.717) is 5.92 Å². The largest absolute Gasteiger partial charge is 0.396 e. The summed E-state index contributed by atoms with van der Waals surface area (Å²) in [6, 6.07) is 0. The van der Waals surface area contributed by atoms with Crippen molar-refractivity contribution in [2.45, 2.75) is 44.9 Å². The fraction of sp³-hybridized carbons (Fsp3) is 0.923. The Morgan fingerprint density at radius 2 is 2.00 bits per heavy atom. The van der Waals surface area contributed by atoms with E-state index in [2.05, 4.69) is 5.32 Å². The first kappa shape index (κ1) is 14.8. The highest BCUT2D eigenvalue weighted by atomic mass is 32.2. The Morgan fingerprint density at radius 3 is 2.71 bits per heavy atom. The molecule has 0 saturated heterocycles. The van der Waals surface area contributed by atoms with Crippen LogP contribution in [0, 0.1) is 5.92 Å². The lowest BCUT2D eigenvalue weighted by Gasteiger charge is -2.20. The van der Waals surface area contributed by atoms with E-state index in [1.165, 1.54) is 32.1 Å². The molecular formula is C13H25NO2S. The summed E-state index contributed by atoms with van der Waals surface area (Å²) in [6.45, 7) is 1.03. The average molecular weight is 259 g/mol. The lowest BCUT2D eigenvalue weighted by molar-refractivity contribution is -0.122. The Labute approximate surface area is 109 Å². The lowest BCUT2D eigenvalue weighted by Crippen LogP contribution is -2.28. The third kappa shape index (κ3) is 7.66. The molecule has 0 aromatic heterocycles. The maximum absolute atomic E-state index is 11.6. The third-order valence-corrected chi connectivity index (χ3v) is 4.28. The fourth-order valence-corrected chi connectivity index (χ4v) is 3.04. The van der Waals surface area contributed by atoms with Crippen LogP contribution in [0.3, 0.4) is 0 Å². The number of hydrogen-bond donors (Lipinski definition) is 2. The molecule has 17 heavy (non-hydrogen) atoms. The highest BCUT2D eigenvalue weighted by Crippen LogP contribution is 2.25. The van der Waals surface area contributed by atoms with Gasteiger partial charge < -0.3 is 10.4 Å². The summed E-state index contributed by atoms with van der Waals surface area (Å²) in [5.74, 6) is 2.79. The monoisotopic (exact) mass is 259 g/mol. The summed E-state index contributed by atoms with van der Waals surface area (Å²) in [5, 5.41) is 11.6. The van der Waals surface area contributed by atoms with Gasteiger partial charge in [0.2, 0.25) is 5.91 Å². The molecule has 3 nitrogen and oxygen atoms in total. The zero-order chi connectivity index (χ0) is 12.3. The molecule has 1 aliphatic rings. The van der Waals surface area contributed by atoms with Crippen molar-refractivity contribution in [2.75, 3.05) is 24.7 Å². The summed E-state index contributed by atoms with van der Waals surface area (Å²) < 4.78 is 0. The highest BCUT2D eigenvalue weighted by molar-refractivity contribution is 7.99. The maximum atomic E-state index is 11.6. The first-order valence-electron chi connectivity index (χ1n) is 6.78. The number of rotatable bonds is 8. The molecule has 0 radical (unpaired) electrons. The van der Waals surface area contributed by atoms with Gasteiger partial charge in [0.25, 0.3) is 0 Å². The van der Waals surface area contributed by atoms with E-state index in [9.17, 15) is 4.79 Å². The number of carbonyl (C=O) groups excluding carboxylic acids is 1. The van der Waals surface area contributed by atoms with Gasteiger partial charge >= 0.3 is 0 Å². The van der Waals surface area contributed by atoms with Crippen LogP contribution in [0.1, 0.15) is 44.9 Å². The molecule has 0 aliphatic heterocycles. The standard InChI is InChI=1S/C13H25NO2S/c15-8-4-9-17-10-7-14-13(16)11-12-5-2-1-3-6-12/h12,15H,1-11H2,(H,14,16). The SMILES string of the molecule is O=C(CC1CCCCC1)NCCSCCCO. The van der Waals surface area contributed by atoms with E-state index in [0.717, 1.165) is 30.9 Å². The van der Waals surface area contributed by atoms with E-state index < -0.39 is 0 Å². The molecule has 1 rings (SSSR count). The number of thioether (sulfide) groups is 1. The second-order valence-corrected chi connectivity index (χ2v) is 5.97. The van der Waals surface area contributed by atoms with Crippen molar-refractivity contribution >= 4 is 17.7 Å². The van der Waals surface area contributed by atoms with Crippen molar-refractivity contribution in [3.63, 3.8) is 0 Å². The molecule has 1 saturated carbocycles. The minimum atomic E-state index is 0.222. The zero-order valence-corrected chi connectivity index (χ0v) is 11.4. The van der Waals surface area contributed by atoms with Gasteiger partial charge in [-0.1, -0.05) is 19.3 Å². The molecule has 0 aromatic carbocycles. The van der Waals surface area contributed by atoms with Gasteiger partial charge in [-0.25, -0.2) is 0 Å². The van der Waals surface area contributed by atoms with Crippen molar-refractivity contribution in [2.24, 2.45) is 5.92 Å². The van der Waals surface area contributed by atoms with Gasteiger partial charge in [0.05, 0.1) is 0 Å². The van der Waals surface area contributed by atoms with Gasteiger partial charge in [-0.15, -0.1) is 0 Å². The van der Waals surface area contributed by atoms with Crippen LogP contribution in [0.4, 0.5) is 0 Å². The van der Waals surface area contributed by atoms with Gasteiger partial charge in [0.15, 0.2) is 0 Å². The van der Waals surface area contributed by atoms with E-state index in [1.54, 1.807) is 11.8 Å². The summed E-state index contributed by atoms with van der Waals surface area (Å²) >= 11 is 1.79. The Hall–Kier alpha value is -0.220. The van der Waals surface area contributed by atoms with Gasteiger partial charge in [-0.2, -0.15) is 11.8 Å². The van der Waals surface area contributed by atoms with Crippen LogP contribution >= 0.6 is 11.8 Å². The summed E-state index contributed by atoms with van der Waals surface area (Å²) in [4.78, 5) is 11.6. The van der Waals surface area contributed by atoms with E-state index >= 15 is 0 Å². The molecule has 0 heterocycles. The molecule has 1 amide bonds. The Balaban J connectivity index is 1.93. The number of amides is 1. The minimum absolute atomic E-state index is 0.222. The van der Waals surface area contributed by atoms with Crippen LogP contribution in [0.5, 0.6) is 0 Å². The van der Waals surface area contributed by atoms with Gasteiger partial charge in [-0.3, -0.25) is 4.79 Å². The number of carbonyl (C=O) groups is 1. The third-order valence-electron chi connectivity index (χ3n) is 3.21. The topological polar surface area (TPSA) is 49.3 Å². The molecule has 0 aromatic rings. The van der Waals surface area contributed by atoms with Crippen LogP contribution in [0.25, 0.3) is 0 Å². The van der Waals surface area contributed by atoms with Crippen molar-refractivity contribution < 1.29 is 9.90 Å². The highest BCUT2D eigenvalue weighted by Gasteiger charge is 2.16. The fourth-order valence-electron chi connectivity index (χ4n) is 2.26. The average Bonchev–Trinajstić information content (AvgIpc) is 2.35. The molecule has 0 bridgehead atoms. The lowest BCUT2D eigenvalue weighted by atomic mass is 9.87. The van der Waals surface area contributed by atoms with Crippen molar-refractivity contribution in [1.29, 1.82) is 0 Å². The van der Waals surface area contributed by atoms with E-state index in [4.69, 9.17) is 5.11 Å². The van der Waals surface area contributed by atoms with Gasteiger partial charge in [0.1, 0.15) is 0 Å². The summed E-state index contributed by atoms with van der Waals surface area (Å²) in [5.41, 5.74) is 0. The number of hydrogen-bond acceptors (Lipinski definition) is 3. The van der Waals surface area contributed by atoms with E-state index in [1.807, 2.05) is 0 Å². The van der Waals surface area contributed by atoms with Crippen molar-refractivity contribution in [1.82, 2.24) is 5.32 Å². The smallest absolute Gasteiger partial charge is 0.220 e. The molecule has 0 unspecified atom stereocenters. The van der Waals surface area contributed by atoms with Crippen molar-refractivity contribution in [3.05, 3.63) is 0 Å².